The van der Waals surface area contributed by atoms with E-state index in [0.717, 1.165) is 18.5 Å². The van der Waals surface area contributed by atoms with Crippen LogP contribution in [0.15, 0.2) is 18.5 Å². The Morgan fingerprint density at radius 3 is 2.76 bits per heavy atom. The number of alkyl halides is 3. The zero-order chi connectivity index (χ0) is 12.6. The third-order valence-corrected chi connectivity index (χ3v) is 2.07. The smallest absolute Gasteiger partial charge is 0.290 e. The van der Waals surface area contributed by atoms with Crippen LogP contribution in [-0.2, 0) is 6.18 Å². The molecule has 0 atom stereocenters. The van der Waals surface area contributed by atoms with Crippen LogP contribution < -0.4 is 11.3 Å². The largest absolute Gasteiger partial charge is 0.433 e. The average Bonchev–Trinajstić information content (AvgIpc) is 2.69. The van der Waals surface area contributed by atoms with E-state index in [1.807, 2.05) is 0 Å². The zero-order valence-corrected chi connectivity index (χ0v) is 8.19. The van der Waals surface area contributed by atoms with Gasteiger partial charge in [0.2, 0.25) is 0 Å². The molecule has 17 heavy (non-hydrogen) atoms. The lowest BCUT2D eigenvalue weighted by Gasteiger charge is -2.07. The van der Waals surface area contributed by atoms with Gasteiger partial charge in [0.25, 0.3) is 5.91 Å². The van der Waals surface area contributed by atoms with Crippen molar-refractivity contribution in [2.75, 3.05) is 0 Å². The van der Waals surface area contributed by atoms with Crippen LogP contribution in [0.1, 0.15) is 16.1 Å². The molecule has 9 heteroatoms. The van der Waals surface area contributed by atoms with Crippen molar-refractivity contribution in [3.63, 3.8) is 0 Å². The van der Waals surface area contributed by atoms with E-state index in [4.69, 9.17) is 5.84 Å². The van der Waals surface area contributed by atoms with E-state index in [-0.39, 0.29) is 11.2 Å². The maximum Gasteiger partial charge on any atom is 0.433 e. The third-order valence-electron chi connectivity index (χ3n) is 2.07. The molecule has 0 aliphatic carbocycles. The van der Waals surface area contributed by atoms with E-state index in [2.05, 4.69) is 10.1 Å². The number of carbonyl (C=O) groups excluding carboxylic acids is 1. The second kappa shape index (κ2) is 3.70. The summed E-state index contributed by atoms with van der Waals surface area (Å²) in [6, 6.07) is 0.768. The molecule has 0 aliphatic heterocycles. The molecule has 0 unspecified atom stereocenters. The Balaban J connectivity index is 2.69. The minimum Gasteiger partial charge on any atom is -0.290 e. The number of nitrogens with two attached hydrogens (primary N) is 1. The first-order chi connectivity index (χ1) is 7.95. The molecule has 0 saturated heterocycles. The minimum atomic E-state index is -4.58. The third kappa shape index (κ3) is 1.80. The second-order valence-electron chi connectivity index (χ2n) is 3.09. The highest BCUT2D eigenvalue weighted by atomic mass is 19.4. The van der Waals surface area contributed by atoms with Crippen molar-refractivity contribution in [2.24, 2.45) is 5.84 Å². The summed E-state index contributed by atoms with van der Waals surface area (Å²) in [7, 11) is 0. The van der Waals surface area contributed by atoms with Gasteiger partial charge in [0.1, 0.15) is 11.3 Å². The number of hydrazine groups is 1. The molecule has 0 aliphatic rings. The highest BCUT2D eigenvalue weighted by Gasteiger charge is 2.34. The first kappa shape index (κ1) is 11.3. The van der Waals surface area contributed by atoms with Gasteiger partial charge in [-0.05, 0) is 6.07 Å². The lowest BCUT2D eigenvalue weighted by Crippen LogP contribution is -2.30. The van der Waals surface area contributed by atoms with Crippen LogP contribution >= 0.6 is 0 Å². The molecule has 6 nitrogen and oxygen atoms in total. The highest BCUT2D eigenvalue weighted by Crippen LogP contribution is 2.29. The number of nitrogens with zero attached hydrogens (tertiary/aromatic N) is 3. The van der Waals surface area contributed by atoms with E-state index < -0.39 is 17.8 Å². The van der Waals surface area contributed by atoms with Crippen LogP contribution in [0.4, 0.5) is 13.2 Å². The quantitative estimate of drug-likeness (QED) is 0.431. The van der Waals surface area contributed by atoms with Crippen LogP contribution in [0.3, 0.4) is 0 Å². The van der Waals surface area contributed by atoms with Gasteiger partial charge in [-0.2, -0.15) is 18.3 Å². The van der Waals surface area contributed by atoms with Gasteiger partial charge in [0, 0.05) is 6.20 Å². The second-order valence-corrected chi connectivity index (χ2v) is 3.09. The molecule has 2 heterocycles. The number of nitrogen functional groups attached to an aromatic ring is 1. The fraction of sp³-hybridized carbons (Fsp3) is 0.125. The molecule has 0 bridgehead atoms. The lowest BCUT2D eigenvalue weighted by molar-refractivity contribution is -0.142. The summed E-state index contributed by atoms with van der Waals surface area (Å²) in [5, 5.41) is 3.47. The maximum atomic E-state index is 12.6. The first-order valence-corrected chi connectivity index (χ1v) is 4.36. The van der Waals surface area contributed by atoms with Gasteiger partial charge in [-0.3, -0.25) is 10.2 Å². The Hall–Kier alpha value is -2.16. The molecule has 90 valence electrons. The van der Waals surface area contributed by atoms with Crippen LogP contribution in [0.25, 0.3) is 5.65 Å². The highest BCUT2D eigenvalue weighted by molar-refractivity contribution is 5.99. The topological polar surface area (TPSA) is 85.3 Å². The fourth-order valence-corrected chi connectivity index (χ4v) is 1.34. The van der Waals surface area contributed by atoms with E-state index in [1.165, 1.54) is 0 Å². The molecular formula is C8H6F3N5O. The van der Waals surface area contributed by atoms with Crippen molar-refractivity contribution in [1.29, 1.82) is 0 Å². The van der Waals surface area contributed by atoms with Gasteiger partial charge in [-0.1, -0.05) is 0 Å². The summed E-state index contributed by atoms with van der Waals surface area (Å²) in [4.78, 5) is 14.9. The van der Waals surface area contributed by atoms with Crippen LogP contribution in [0.5, 0.6) is 0 Å². The van der Waals surface area contributed by atoms with E-state index >= 15 is 0 Å². The predicted molar refractivity (Wildman–Crippen MR) is 49.6 cm³/mol. The van der Waals surface area contributed by atoms with Crippen molar-refractivity contribution in [2.45, 2.75) is 6.18 Å². The molecule has 0 aromatic carbocycles. The Labute approximate surface area is 92.2 Å². The summed E-state index contributed by atoms with van der Waals surface area (Å²) in [6.45, 7) is 0. The standard InChI is InChI=1S/C8H6F3N5O/c9-8(10,11)5-1-2-13-6-4(7(17)15-12)3-14-16(5)6/h1-3H,12H2,(H,15,17). The molecule has 1 amide bonds. The maximum absolute atomic E-state index is 12.6. The Morgan fingerprint density at radius 1 is 1.47 bits per heavy atom. The van der Waals surface area contributed by atoms with Gasteiger partial charge in [0.05, 0.1) is 6.20 Å². The number of carbonyl (C=O) groups is 1. The normalized spacial score (nSPS) is 11.8. The average molecular weight is 245 g/mol. The van der Waals surface area contributed by atoms with Crippen molar-refractivity contribution in [3.8, 4) is 0 Å². The van der Waals surface area contributed by atoms with Crippen LogP contribution in [-0.4, -0.2) is 20.5 Å². The van der Waals surface area contributed by atoms with Crippen molar-refractivity contribution in [3.05, 3.63) is 29.7 Å². The van der Waals surface area contributed by atoms with E-state index in [9.17, 15) is 18.0 Å². The summed E-state index contributed by atoms with van der Waals surface area (Å²) < 4.78 is 38.3. The summed E-state index contributed by atoms with van der Waals surface area (Å²) in [5.41, 5.74) is 0.457. The van der Waals surface area contributed by atoms with Gasteiger partial charge in [-0.25, -0.2) is 15.3 Å². The Morgan fingerprint density at radius 2 is 2.18 bits per heavy atom. The Kier molecular flexibility index (Phi) is 2.46. The van der Waals surface area contributed by atoms with Gasteiger partial charge in [0.15, 0.2) is 5.65 Å². The predicted octanol–water partition coefficient (Wildman–Crippen LogP) is 0.352. The number of amides is 1. The van der Waals surface area contributed by atoms with E-state index in [1.54, 1.807) is 5.43 Å². The molecule has 0 spiro atoms. The van der Waals surface area contributed by atoms with E-state index in [0.29, 0.717) is 4.52 Å². The van der Waals surface area contributed by atoms with Crippen LogP contribution in [0, 0.1) is 0 Å². The number of rotatable bonds is 1. The number of hydrogen-bond acceptors (Lipinski definition) is 4. The number of halogens is 3. The molecule has 3 N–H and O–H groups in total. The molecule has 2 rings (SSSR count). The first-order valence-electron chi connectivity index (χ1n) is 4.36. The molecule has 2 aromatic heterocycles. The van der Waals surface area contributed by atoms with Gasteiger partial charge >= 0.3 is 6.18 Å². The van der Waals surface area contributed by atoms with Gasteiger partial charge in [-0.15, -0.1) is 0 Å². The number of nitrogens with one attached hydrogen (secondary N) is 1. The van der Waals surface area contributed by atoms with Crippen LogP contribution in [0.2, 0.25) is 0 Å². The molecular weight excluding hydrogens is 239 g/mol. The molecule has 0 saturated carbocycles. The van der Waals surface area contributed by atoms with Crippen molar-refractivity contribution < 1.29 is 18.0 Å². The van der Waals surface area contributed by atoms with Crippen molar-refractivity contribution >= 4 is 11.6 Å². The number of fused-ring (bicyclic) bond motifs is 1. The fourth-order valence-electron chi connectivity index (χ4n) is 1.34. The zero-order valence-electron chi connectivity index (χ0n) is 8.19. The van der Waals surface area contributed by atoms with Crippen molar-refractivity contribution in [1.82, 2.24) is 20.0 Å². The lowest BCUT2D eigenvalue weighted by atomic mass is 10.3. The number of aromatic nitrogens is 3. The van der Waals surface area contributed by atoms with Gasteiger partial charge < -0.3 is 0 Å². The Bertz CT molecular complexity index is 576. The molecule has 2 aromatic rings. The summed E-state index contributed by atoms with van der Waals surface area (Å²) in [6.07, 6.45) is -2.66. The molecule has 0 radical (unpaired) electrons. The summed E-state index contributed by atoms with van der Waals surface area (Å²) >= 11 is 0. The molecule has 0 fully saturated rings. The summed E-state index contributed by atoms with van der Waals surface area (Å²) in [5.74, 6) is 4.13. The number of hydrogen-bond donors (Lipinski definition) is 2. The monoisotopic (exact) mass is 245 g/mol. The SMILES string of the molecule is NNC(=O)c1cnn2c(C(F)(F)F)ccnc12. The minimum absolute atomic E-state index is 0.126.